The fourth-order valence-corrected chi connectivity index (χ4v) is 2.35. The Morgan fingerprint density at radius 2 is 2.00 bits per heavy atom. The molecule has 0 aliphatic rings. The molecule has 18 heavy (non-hydrogen) atoms. The minimum Gasteiger partial charge on any atom is -0.385 e. The van der Waals surface area contributed by atoms with Gasteiger partial charge in [-0.3, -0.25) is 0 Å². The summed E-state index contributed by atoms with van der Waals surface area (Å²) in [6.07, 6.45) is 1.01. The van der Waals surface area contributed by atoms with E-state index in [4.69, 9.17) is 27.9 Å². The van der Waals surface area contributed by atoms with Gasteiger partial charge in [-0.25, -0.2) is 0 Å². The summed E-state index contributed by atoms with van der Waals surface area (Å²) in [6.45, 7) is 6.01. The number of nitrogens with one attached hydrogen (secondary N) is 1. The first-order chi connectivity index (χ1) is 8.60. The first-order valence-electron chi connectivity index (χ1n) is 6.27. The second-order valence-electron chi connectivity index (χ2n) is 4.47. The second kappa shape index (κ2) is 8.00. The van der Waals surface area contributed by atoms with Crippen LogP contribution in [0.25, 0.3) is 0 Å². The smallest absolute Gasteiger partial charge is 0.0595 e. The van der Waals surface area contributed by atoms with Gasteiger partial charge in [-0.2, -0.15) is 0 Å². The molecule has 1 aromatic rings. The van der Waals surface area contributed by atoms with E-state index in [2.05, 4.69) is 19.2 Å². The Morgan fingerprint density at radius 3 is 2.56 bits per heavy atom. The molecule has 2 atom stereocenters. The van der Waals surface area contributed by atoms with Gasteiger partial charge in [-0.05, 0) is 36.6 Å². The number of hydrogen-bond acceptors (Lipinski definition) is 2. The van der Waals surface area contributed by atoms with Gasteiger partial charge in [0.2, 0.25) is 0 Å². The van der Waals surface area contributed by atoms with Crippen molar-refractivity contribution in [2.24, 2.45) is 5.92 Å². The van der Waals surface area contributed by atoms with Crippen molar-refractivity contribution in [1.29, 1.82) is 0 Å². The molecule has 0 bridgehead atoms. The van der Waals surface area contributed by atoms with E-state index in [0.29, 0.717) is 16.0 Å². The Kier molecular flexibility index (Phi) is 7.02. The van der Waals surface area contributed by atoms with Gasteiger partial charge in [-0.1, -0.05) is 43.1 Å². The molecule has 0 saturated heterocycles. The lowest BCUT2D eigenvalue weighted by atomic mass is 9.92. The van der Waals surface area contributed by atoms with Crippen molar-refractivity contribution in [3.63, 3.8) is 0 Å². The highest BCUT2D eigenvalue weighted by molar-refractivity contribution is 6.42. The molecule has 1 aromatic carbocycles. The summed E-state index contributed by atoms with van der Waals surface area (Å²) >= 11 is 12.0. The molecule has 0 aliphatic carbocycles. The average molecular weight is 290 g/mol. The molecule has 0 spiro atoms. The van der Waals surface area contributed by atoms with E-state index < -0.39 is 0 Å². The summed E-state index contributed by atoms with van der Waals surface area (Å²) in [5, 5.41) is 4.70. The fraction of sp³-hybridized carbons (Fsp3) is 0.571. The molecular weight excluding hydrogens is 269 g/mol. The highest BCUT2D eigenvalue weighted by Crippen LogP contribution is 2.30. The van der Waals surface area contributed by atoms with Crippen molar-refractivity contribution in [2.45, 2.75) is 26.3 Å². The van der Waals surface area contributed by atoms with Gasteiger partial charge in [0.05, 0.1) is 10.0 Å². The average Bonchev–Trinajstić information content (AvgIpc) is 2.36. The summed E-state index contributed by atoms with van der Waals surface area (Å²) in [6, 6.07) is 6.11. The molecule has 0 heterocycles. The van der Waals surface area contributed by atoms with Crippen LogP contribution in [0.5, 0.6) is 0 Å². The van der Waals surface area contributed by atoms with E-state index in [-0.39, 0.29) is 6.04 Å². The number of hydrogen-bond donors (Lipinski definition) is 1. The summed E-state index contributed by atoms with van der Waals surface area (Å²) in [5.41, 5.74) is 1.18. The number of rotatable bonds is 7. The zero-order chi connectivity index (χ0) is 13.5. The maximum atomic E-state index is 6.08. The van der Waals surface area contributed by atoms with Crippen LogP contribution in [-0.2, 0) is 4.74 Å². The fourth-order valence-electron chi connectivity index (χ4n) is 2.04. The van der Waals surface area contributed by atoms with Gasteiger partial charge < -0.3 is 10.1 Å². The standard InChI is InChI=1S/C14H21Cl2NO/c1-4-17-14(10(2)7-8-18-3)11-5-6-12(15)13(16)9-11/h5-6,9-10,14,17H,4,7-8H2,1-3H3. The van der Waals surface area contributed by atoms with Gasteiger partial charge in [0, 0.05) is 19.8 Å². The lowest BCUT2D eigenvalue weighted by Crippen LogP contribution is -2.27. The van der Waals surface area contributed by atoms with Gasteiger partial charge in [-0.15, -0.1) is 0 Å². The zero-order valence-electron chi connectivity index (χ0n) is 11.2. The van der Waals surface area contributed by atoms with Crippen LogP contribution < -0.4 is 5.32 Å². The zero-order valence-corrected chi connectivity index (χ0v) is 12.7. The van der Waals surface area contributed by atoms with Crippen LogP contribution in [0.3, 0.4) is 0 Å². The van der Waals surface area contributed by atoms with Crippen LogP contribution >= 0.6 is 23.2 Å². The molecular formula is C14H21Cl2NO. The Labute approximate surface area is 120 Å². The van der Waals surface area contributed by atoms with E-state index >= 15 is 0 Å². The molecule has 1 rings (SSSR count). The van der Waals surface area contributed by atoms with Gasteiger partial charge in [0.25, 0.3) is 0 Å². The molecule has 0 amide bonds. The summed E-state index contributed by atoms with van der Waals surface area (Å²) < 4.78 is 5.14. The van der Waals surface area contributed by atoms with E-state index in [0.717, 1.165) is 19.6 Å². The van der Waals surface area contributed by atoms with Crippen molar-refractivity contribution >= 4 is 23.2 Å². The topological polar surface area (TPSA) is 21.3 Å². The maximum Gasteiger partial charge on any atom is 0.0595 e. The van der Waals surface area contributed by atoms with Crippen LogP contribution in [0.4, 0.5) is 0 Å². The quantitative estimate of drug-likeness (QED) is 0.807. The van der Waals surface area contributed by atoms with Crippen molar-refractivity contribution in [2.75, 3.05) is 20.3 Å². The number of ether oxygens (including phenoxy) is 1. The monoisotopic (exact) mass is 289 g/mol. The van der Waals surface area contributed by atoms with Crippen LogP contribution in [0, 0.1) is 5.92 Å². The second-order valence-corrected chi connectivity index (χ2v) is 5.28. The van der Waals surface area contributed by atoms with E-state index in [9.17, 15) is 0 Å². The maximum absolute atomic E-state index is 6.08. The van der Waals surface area contributed by atoms with Gasteiger partial charge >= 0.3 is 0 Å². The van der Waals surface area contributed by atoms with Crippen LogP contribution in [0.1, 0.15) is 31.9 Å². The van der Waals surface area contributed by atoms with E-state index in [1.54, 1.807) is 7.11 Å². The van der Waals surface area contributed by atoms with Gasteiger partial charge in [0.15, 0.2) is 0 Å². The van der Waals surface area contributed by atoms with E-state index in [1.807, 2.05) is 18.2 Å². The van der Waals surface area contributed by atoms with E-state index in [1.165, 1.54) is 5.56 Å². The van der Waals surface area contributed by atoms with Crippen molar-refractivity contribution in [3.05, 3.63) is 33.8 Å². The SMILES string of the molecule is CCNC(c1ccc(Cl)c(Cl)c1)C(C)CCOC. The van der Waals surface area contributed by atoms with Crippen LogP contribution in [0.15, 0.2) is 18.2 Å². The first kappa shape index (κ1) is 15.8. The molecule has 0 aliphatic heterocycles. The Bertz CT molecular complexity index is 371. The molecule has 4 heteroatoms. The summed E-state index contributed by atoms with van der Waals surface area (Å²) in [7, 11) is 1.73. The summed E-state index contributed by atoms with van der Waals surface area (Å²) in [5.74, 6) is 0.474. The Hall–Kier alpha value is -0.280. The lowest BCUT2D eigenvalue weighted by Gasteiger charge is -2.25. The third kappa shape index (κ3) is 4.43. The summed E-state index contributed by atoms with van der Waals surface area (Å²) in [4.78, 5) is 0. The molecule has 102 valence electrons. The third-order valence-electron chi connectivity index (χ3n) is 3.07. The van der Waals surface area contributed by atoms with Crippen LogP contribution in [-0.4, -0.2) is 20.3 Å². The van der Waals surface area contributed by atoms with Crippen molar-refractivity contribution in [3.8, 4) is 0 Å². The largest absolute Gasteiger partial charge is 0.385 e. The Morgan fingerprint density at radius 1 is 1.28 bits per heavy atom. The molecule has 2 nitrogen and oxygen atoms in total. The third-order valence-corrected chi connectivity index (χ3v) is 3.81. The van der Waals surface area contributed by atoms with Crippen molar-refractivity contribution in [1.82, 2.24) is 5.32 Å². The number of methoxy groups -OCH3 is 1. The lowest BCUT2D eigenvalue weighted by molar-refractivity contribution is 0.170. The minimum absolute atomic E-state index is 0.278. The number of halogens is 2. The van der Waals surface area contributed by atoms with Crippen LogP contribution in [0.2, 0.25) is 10.0 Å². The first-order valence-corrected chi connectivity index (χ1v) is 7.03. The Balaban J connectivity index is 2.85. The van der Waals surface area contributed by atoms with Gasteiger partial charge in [0.1, 0.15) is 0 Å². The van der Waals surface area contributed by atoms with Crippen molar-refractivity contribution < 1.29 is 4.74 Å². The minimum atomic E-state index is 0.278. The highest BCUT2D eigenvalue weighted by Gasteiger charge is 2.18. The molecule has 0 saturated carbocycles. The normalized spacial score (nSPS) is 14.5. The predicted octanol–water partition coefficient (Wildman–Crippen LogP) is 4.32. The molecule has 0 radical (unpaired) electrons. The predicted molar refractivity (Wildman–Crippen MR) is 78.5 cm³/mol. The number of benzene rings is 1. The molecule has 1 N–H and O–H groups in total. The highest BCUT2D eigenvalue weighted by atomic mass is 35.5. The molecule has 0 aromatic heterocycles. The molecule has 0 fully saturated rings. The molecule has 2 unspecified atom stereocenters.